The number of carbonyl (C=O) groups is 3. The summed E-state index contributed by atoms with van der Waals surface area (Å²) in [5.41, 5.74) is 1.70. The van der Waals surface area contributed by atoms with Gasteiger partial charge in [0.15, 0.2) is 5.78 Å². The lowest BCUT2D eigenvalue weighted by molar-refractivity contribution is 0.0688. The van der Waals surface area contributed by atoms with E-state index in [1.165, 1.54) is 50.6 Å². The summed E-state index contributed by atoms with van der Waals surface area (Å²) in [6.45, 7) is 0. The molecular formula is C23H18O7S. The molecule has 158 valence electrons. The maximum atomic E-state index is 12.5. The quantitative estimate of drug-likeness (QED) is 0.387. The summed E-state index contributed by atoms with van der Waals surface area (Å²) in [5.74, 6) is -1.40. The Balaban J connectivity index is 1.96. The summed E-state index contributed by atoms with van der Waals surface area (Å²) in [6.07, 6.45) is 2.95. The lowest BCUT2D eigenvalue weighted by Crippen LogP contribution is -1.99. The van der Waals surface area contributed by atoms with E-state index in [4.69, 9.17) is 14.6 Å². The van der Waals surface area contributed by atoms with E-state index >= 15 is 0 Å². The fourth-order valence-corrected chi connectivity index (χ4v) is 3.75. The molecule has 0 aliphatic rings. The SMILES string of the molecule is COc1cc(OC)c(-c2ccc(C(=O)O)s2)cc1/C=C/C(=O)c1ccc(C(=O)O)cc1. The van der Waals surface area contributed by atoms with Gasteiger partial charge in [0.05, 0.1) is 19.8 Å². The Morgan fingerprint density at radius 2 is 1.48 bits per heavy atom. The second-order valence-corrected chi connectivity index (χ2v) is 7.43. The normalized spacial score (nSPS) is 10.8. The van der Waals surface area contributed by atoms with E-state index in [9.17, 15) is 19.5 Å². The highest BCUT2D eigenvalue weighted by atomic mass is 32.1. The molecule has 0 spiro atoms. The van der Waals surface area contributed by atoms with Crippen LogP contribution in [0.1, 0.15) is 36.0 Å². The Kier molecular flexibility index (Phi) is 6.52. The maximum Gasteiger partial charge on any atom is 0.345 e. The standard InChI is InChI=1S/C23H18O7S/c1-29-18-12-19(30-2)16(20-9-10-21(31-20)23(27)28)11-15(18)7-8-17(24)13-3-5-14(6-4-13)22(25)26/h3-12H,1-2H3,(H,25,26)(H,27,28)/b8-7+. The first-order valence-corrected chi connectivity index (χ1v) is 9.81. The number of ether oxygens (including phenoxy) is 2. The minimum atomic E-state index is -1.07. The zero-order chi connectivity index (χ0) is 22.5. The van der Waals surface area contributed by atoms with Crippen molar-refractivity contribution in [1.82, 2.24) is 0 Å². The Labute approximate surface area is 181 Å². The Morgan fingerprint density at radius 3 is 2.03 bits per heavy atom. The topological polar surface area (TPSA) is 110 Å². The van der Waals surface area contributed by atoms with E-state index in [-0.39, 0.29) is 16.2 Å². The number of thiophene rings is 1. The zero-order valence-corrected chi connectivity index (χ0v) is 17.4. The molecule has 0 fully saturated rings. The van der Waals surface area contributed by atoms with Crippen molar-refractivity contribution in [2.75, 3.05) is 14.2 Å². The van der Waals surface area contributed by atoms with E-state index < -0.39 is 11.9 Å². The smallest absolute Gasteiger partial charge is 0.345 e. The molecule has 8 heteroatoms. The molecule has 0 saturated heterocycles. The van der Waals surface area contributed by atoms with Gasteiger partial charge in [0, 0.05) is 27.6 Å². The molecule has 0 bridgehead atoms. The van der Waals surface area contributed by atoms with Gasteiger partial charge in [-0.1, -0.05) is 12.1 Å². The number of allylic oxidation sites excluding steroid dienone is 1. The van der Waals surface area contributed by atoms with Gasteiger partial charge in [-0.3, -0.25) is 4.79 Å². The average molecular weight is 438 g/mol. The Morgan fingerprint density at radius 1 is 0.839 bits per heavy atom. The molecule has 0 aliphatic carbocycles. The summed E-state index contributed by atoms with van der Waals surface area (Å²) in [4.78, 5) is 35.6. The van der Waals surface area contributed by atoms with Gasteiger partial charge in [-0.25, -0.2) is 9.59 Å². The monoisotopic (exact) mass is 438 g/mol. The van der Waals surface area contributed by atoms with Crippen molar-refractivity contribution in [3.8, 4) is 21.9 Å². The van der Waals surface area contributed by atoms with Crippen LogP contribution in [0.3, 0.4) is 0 Å². The fourth-order valence-electron chi connectivity index (χ4n) is 2.88. The van der Waals surface area contributed by atoms with Crippen LogP contribution in [0.25, 0.3) is 16.5 Å². The van der Waals surface area contributed by atoms with Gasteiger partial charge in [-0.15, -0.1) is 11.3 Å². The molecular weight excluding hydrogens is 420 g/mol. The van der Waals surface area contributed by atoms with Gasteiger partial charge in [-0.05, 0) is 42.5 Å². The van der Waals surface area contributed by atoms with Gasteiger partial charge in [0.25, 0.3) is 0 Å². The van der Waals surface area contributed by atoms with Crippen LogP contribution in [0, 0.1) is 0 Å². The van der Waals surface area contributed by atoms with Crippen molar-refractivity contribution < 1.29 is 34.1 Å². The molecule has 3 aromatic rings. The molecule has 7 nitrogen and oxygen atoms in total. The molecule has 1 aromatic heterocycles. The van der Waals surface area contributed by atoms with E-state index in [1.807, 2.05) is 0 Å². The van der Waals surface area contributed by atoms with E-state index in [0.29, 0.717) is 33.1 Å². The largest absolute Gasteiger partial charge is 0.496 e. The highest BCUT2D eigenvalue weighted by molar-refractivity contribution is 7.17. The van der Waals surface area contributed by atoms with E-state index in [1.54, 1.807) is 24.3 Å². The van der Waals surface area contributed by atoms with Crippen molar-refractivity contribution in [3.05, 3.63) is 76.2 Å². The van der Waals surface area contributed by atoms with Crippen molar-refractivity contribution in [3.63, 3.8) is 0 Å². The zero-order valence-electron chi connectivity index (χ0n) is 16.6. The maximum absolute atomic E-state index is 12.5. The molecule has 2 aromatic carbocycles. The van der Waals surface area contributed by atoms with Gasteiger partial charge in [-0.2, -0.15) is 0 Å². The van der Waals surface area contributed by atoms with E-state index in [2.05, 4.69) is 0 Å². The third-order valence-corrected chi connectivity index (χ3v) is 5.57. The number of carbonyl (C=O) groups excluding carboxylic acids is 1. The number of carboxylic acid groups (broad SMARTS) is 2. The number of benzene rings is 2. The van der Waals surface area contributed by atoms with Crippen LogP contribution < -0.4 is 9.47 Å². The minimum absolute atomic E-state index is 0.0960. The highest BCUT2D eigenvalue weighted by Gasteiger charge is 2.16. The third kappa shape index (κ3) is 4.81. The van der Waals surface area contributed by atoms with E-state index in [0.717, 1.165) is 11.3 Å². The average Bonchev–Trinajstić information content (AvgIpc) is 3.27. The number of aromatic carboxylic acids is 2. The molecule has 1 heterocycles. The Bertz CT molecular complexity index is 1170. The van der Waals surface area contributed by atoms with Gasteiger partial charge < -0.3 is 19.7 Å². The van der Waals surface area contributed by atoms with Crippen LogP contribution in [0.2, 0.25) is 0 Å². The van der Waals surface area contributed by atoms with Crippen LogP contribution in [0.5, 0.6) is 11.5 Å². The number of methoxy groups -OCH3 is 2. The molecule has 0 atom stereocenters. The third-order valence-electron chi connectivity index (χ3n) is 4.46. The molecule has 31 heavy (non-hydrogen) atoms. The fraction of sp³-hybridized carbons (Fsp3) is 0.0870. The second-order valence-electron chi connectivity index (χ2n) is 6.34. The summed E-state index contributed by atoms with van der Waals surface area (Å²) in [7, 11) is 3.00. The first-order valence-electron chi connectivity index (χ1n) is 8.99. The number of rotatable bonds is 8. The number of ketones is 1. The predicted octanol–water partition coefficient (Wildman–Crippen LogP) is 4.72. The predicted molar refractivity (Wildman–Crippen MR) is 117 cm³/mol. The van der Waals surface area contributed by atoms with Crippen LogP contribution >= 0.6 is 11.3 Å². The van der Waals surface area contributed by atoms with Crippen molar-refractivity contribution >= 4 is 35.1 Å². The lowest BCUT2D eigenvalue weighted by Gasteiger charge is -2.12. The number of hydrogen-bond acceptors (Lipinski definition) is 6. The van der Waals surface area contributed by atoms with Crippen molar-refractivity contribution in [1.29, 1.82) is 0 Å². The number of carboxylic acids is 2. The summed E-state index contributed by atoms with van der Waals surface area (Å²) < 4.78 is 10.8. The molecule has 0 saturated carbocycles. The first-order chi connectivity index (χ1) is 14.8. The molecule has 0 radical (unpaired) electrons. The van der Waals surface area contributed by atoms with Crippen molar-refractivity contribution in [2.45, 2.75) is 0 Å². The first kappa shape index (κ1) is 21.8. The summed E-state index contributed by atoms with van der Waals surface area (Å²) >= 11 is 1.11. The Hall–Kier alpha value is -3.91. The van der Waals surface area contributed by atoms with Crippen molar-refractivity contribution in [2.24, 2.45) is 0 Å². The van der Waals surface area contributed by atoms with Crippen LogP contribution in [0.15, 0.2) is 54.6 Å². The van der Waals surface area contributed by atoms with Crippen LogP contribution in [-0.2, 0) is 0 Å². The van der Waals surface area contributed by atoms with Crippen LogP contribution in [-0.4, -0.2) is 42.2 Å². The van der Waals surface area contributed by atoms with Crippen LogP contribution in [0.4, 0.5) is 0 Å². The molecule has 2 N–H and O–H groups in total. The second kappa shape index (κ2) is 9.27. The molecule has 3 rings (SSSR count). The number of hydrogen-bond donors (Lipinski definition) is 2. The summed E-state index contributed by atoms with van der Waals surface area (Å²) in [5, 5.41) is 18.2. The van der Waals surface area contributed by atoms with Gasteiger partial charge in [0.2, 0.25) is 0 Å². The molecule has 0 amide bonds. The molecule has 0 unspecified atom stereocenters. The lowest BCUT2D eigenvalue weighted by atomic mass is 10.0. The molecule has 0 aliphatic heterocycles. The summed E-state index contributed by atoms with van der Waals surface area (Å²) in [6, 6.07) is 12.3. The highest BCUT2D eigenvalue weighted by Crippen LogP contribution is 2.39. The van der Waals surface area contributed by atoms with Gasteiger partial charge in [0.1, 0.15) is 16.4 Å². The minimum Gasteiger partial charge on any atom is -0.496 e. The van der Waals surface area contributed by atoms with Gasteiger partial charge >= 0.3 is 11.9 Å².